The lowest BCUT2D eigenvalue weighted by atomic mass is 10.4. The Morgan fingerprint density at radius 3 is 1.78 bits per heavy atom. The maximum absolute atomic E-state index is 9.17. The predicted molar refractivity (Wildman–Crippen MR) is 82.3 cm³/mol. The van der Waals surface area contributed by atoms with Crippen molar-refractivity contribution in [1.82, 2.24) is 5.09 Å². The van der Waals surface area contributed by atoms with Crippen LogP contribution >= 0.6 is 20.3 Å². The number of hydrogen-bond donors (Lipinski definition) is 2. The highest BCUT2D eigenvalue weighted by Crippen LogP contribution is 2.27. The molecular weight excluding hydrogens is 261 g/mol. The molecule has 2 rings (SSSR count). The average molecular weight is 275 g/mol. The zero-order chi connectivity index (χ0) is 12.8. The van der Waals surface area contributed by atoms with Crippen molar-refractivity contribution in [3.63, 3.8) is 0 Å². The molecule has 0 unspecified atom stereocenters. The molecule has 0 aliphatic rings. The quantitative estimate of drug-likeness (QED) is 0.649. The molecular formula is C14H14NOPS. The summed E-state index contributed by atoms with van der Waals surface area (Å²) in [5, 5.41) is 14.9. The van der Waals surface area contributed by atoms with Crippen molar-refractivity contribution in [3.05, 3.63) is 60.7 Å². The lowest BCUT2D eigenvalue weighted by Crippen LogP contribution is -2.26. The molecule has 0 aromatic heterocycles. The van der Waals surface area contributed by atoms with Crippen LogP contribution in [0.5, 0.6) is 0 Å². The first-order valence-corrected chi connectivity index (χ1v) is 7.38. The molecule has 0 heterocycles. The number of aliphatic hydroxyl groups excluding tert-OH is 1. The van der Waals surface area contributed by atoms with Crippen molar-refractivity contribution in [2.24, 2.45) is 0 Å². The fraction of sp³-hybridized carbons (Fsp3) is 0.0714. The summed E-state index contributed by atoms with van der Waals surface area (Å²) in [5.74, 6) is 0. The Balaban J connectivity index is 2.26. The number of rotatable bonds is 5. The molecule has 0 fully saturated rings. The van der Waals surface area contributed by atoms with Gasteiger partial charge in [-0.1, -0.05) is 60.7 Å². The van der Waals surface area contributed by atoms with Crippen molar-refractivity contribution < 1.29 is 5.11 Å². The molecule has 4 heteroatoms. The maximum atomic E-state index is 9.17. The molecule has 92 valence electrons. The predicted octanol–water partition coefficient (Wildman–Crippen LogP) is 2.51. The molecule has 18 heavy (non-hydrogen) atoms. The summed E-state index contributed by atoms with van der Waals surface area (Å²) in [4.78, 5) is 0. The molecule has 2 N–H and O–H groups in total. The van der Waals surface area contributed by atoms with Gasteiger partial charge in [0, 0.05) is 8.07 Å². The first-order valence-electron chi connectivity index (χ1n) is 5.63. The fourth-order valence-electron chi connectivity index (χ4n) is 1.63. The average Bonchev–Trinajstić information content (AvgIpc) is 2.41. The summed E-state index contributed by atoms with van der Waals surface area (Å²) in [7, 11) is -0.681. The molecule has 0 aliphatic carbocycles. The third-order valence-electron chi connectivity index (χ3n) is 2.42. The largest absolute Gasteiger partial charge is 0.501 e. The third kappa shape index (κ3) is 3.61. The minimum Gasteiger partial charge on any atom is -0.501 e. The van der Waals surface area contributed by atoms with Crippen LogP contribution in [0.15, 0.2) is 60.7 Å². The molecule has 2 aromatic rings. The van der Waals surface area contributed by atoms with E-state index in [0.29, 0.717) is 6.54 Å². The van der Waals surface area contributed by atoms with E-state index >= 15 is 0 Å². The van der Waals surface area contributed by atoms with E-state index in [1.54, 1.807) is 0 Å². The van der Waals surface area contributed by atoms with Crippen molar-refractivity contribution in [2.75, 3.05) is 6.54 Å². The van der Waals surface area contributed by atoms with E-state index in [9.17, 15) is 5.11 Å². The molecule has 0 saturated heterocycles. The molecule has 0 bridgehead atoms. The van der Waals surface area contributed by atoms with Crippen LogP contribution in [0.1, 0.15) is 0 Å². The van der Waals surface area contributed by atoms with Gasteiger partial charge in [-0.3, -0.25) is 5.09 Å². The van der Waals surface area contributed by atoms with Gasteiger partial charge < -0.3 is 5.11 Å². The van der Waals surface area contributed by atoms with Gasteiger partial charge in [-0.15, -0.1) is 0 Å². The summed E-state index contributed by atoms with van der Waals surface area (Å²) in [6.45, 7) is 0.338. The maximum Gasteiger partial charge on any atom is 0.171 e. The number of nitrogens with one attached hydrogen (secondary N) is 1. The van der Waals surface area contributed by atoms with Gasteiger partial charge in [0.2, 0.25) is 0 Å². The number of aliphatic hydroxyl groups is 1. The van der Waals surface area contributed by atoms with Gasteiger partial charge in [-0.05, 0) is 22.8 Å². The van der Waals surface area contributed by atoms with Crippen LogP contribution in [-0.2, 0) is 0 Å². The molecule has 2 aromatic carbocycles. The Labute approximate surface area is 113 Å². The van der Waals surface area contributed by atoms with Crippen LogP contribution in [0.4, 0.5) is 0 Å². The van der Waals surface area contributed by atoms with Gasteiger partial charge >= 0.3 is 0 Å². The summed E-state index contributed by atoms with van der Waals surface area (Å²) in [6, 6.07) is 20.4. The lowest BCUT2D eigenvalue weighted by molar-refractivity contribution is 0.555. The number of hydrogen-bond acceptors (Lipinski definition) is 2. The van der Waals surface area contributed by atoms with Crippen molar-refractivity contribution in [3.8, 4) is 0 Å². The van der Waals surface area contributed by atoms with Crippen LogP contribution < -0.4 is 15.7 Å². The smallest absolute Gasteiger partial charge is 0.171 e. The summed E-state index contributed by atoms with van der Waals surface area (Å²) in [5.41, 5.74) is 0. The zero-order valence-electron chi connectivity index (χ0n) is 9.78. The normalized spacial score (nSPS) is 10.5. The van der Waals surface area contributed by atoms with E-state index in [1.807, 2.05) is 36.4 Å². The standard InChI is InChI=1S/C14H14NOPS/c16-14(18)11-15-17(12-7-3-1-4-8-12)13-9-5-2-6-10-13/h1-10,15H,11H2,(H,16,18). The second kappa shape index (κ2) is 6.60. The topological polar surface area (TPSA) is 32.3 Å². The van der Waals surface area contributed by atoms with E-state index in [1.165, 1.54) is 10.6 Å². The van der Waals surface area contributed by atoms with Gasteiger partial charge in [0.15, 0.2) is 5.05 Å². The molecule has 0 atom stereocenters. The molecule has 0 radical (unpaired) electrons. The van der Waals surface area contributed by atoms with E-state index in [-0.39, 0.29) is 5.05 Å². The van der Waals surface area contributed by atoms with Crippen molar-refractivity contribution >= 4 is 35.9 Å². The highest BCUT2D eigenvalue weighted by Gasteiger charge is 2.12. The lowest BCUT2D eigenvalue weighted by Gasteiger charge is -2.19. The van der Waals surface area contributed by atoms with Crippen LogP contribution in [0, 0.1) is 0 Å². The van der Waals surface area contributed by atoms with Crippen molar-refractivity contribution in [1.29, 1.82) is 0 Å². The molecule has 2 nitrogen and oxygen atoms in total. The van der Waals surface area contributed by atoms with Crippen LogP contribution in [-0.4, -0.2) is 16.7 Å². The third-order valence-corrected chi connectivity index (χ3v) is 4.66. The van der Waals surface area contributed by atoms with E-state index in [2.05, 4.69) is 29.4 Å². The second-order valence-corrected chi connectivity index (χ2v) is 6.23. The Morgan fingerprint density at radius 1 is 0.944 bits per heavy atom. The fourth-order valence-corrected chi connectivity index (χ4v) is 3.72. The highest BCUT2D eigenvalue weighted by atomic mass is 32.1. The SMILES string of the molecule is OC(=S)CNP(c1ccccc1)c1ccccc1. The summed E-state index contributed by atoms with van der Waals surface area (Å²) < 4.78 is 0. The Bertz CT molecular complexity index is 464. The van der Waals surface area contributed by atoms with Gasteiger partial charge in [-0.25, -0.2) is 0 Å². The molecule has 0 aliphatic heterocycles. The van der Waals surface area contributed by atoms with Crippen LogP contribution in [0.25, 0.3) is 0 Å². The van der Waals surface area contributed by atoms with E-state index in [0.717, 1.165) is 0 Å². The van der Waals surface area contributed by atoms with Crippen LogP contribution in [0.2, 0.25) is 0 Å². The van der Waals surface area contributed by atoms with Gasteiger partial charge in [0.25, 0.3) is 0 Å². The Hall–Kier alpha value is -1.28. The Morgan fingerprint density at radius 2 is 1.39 bits per heavy atom. The zero-order valence-corrected chi connectivity index (χ0v) is 11.5. The van der Waals surface area contributed by atoms with Gasteiger partial charge in [0.05, 0.1) is 6.54 Å². The van der Waals surface area contributed by atoms with Gasteiger partial charge in [0.1, 0.15) is 0 Å². The summed E-state index contributed by atoms with van der Waals surface area (Å²) >= 11 is 4.72. The van der Waals surface area contributed by atoms with E-state index in [4.69, 9.17) is 12.2 Å². The molecule has 0 amide bonds. The first-order chi connectivity index (χ1) is 8.77. The monoisotopic (exact) mass is 275 g/mol. The summed E-state index contributed by atoms with van der Waals surface area (Å²) in [6.07, 6.45) is 0. The number of benzene rings is 2. The Kier molecular flexibility index (Phi) is 4.82. The van der Waals surface area contributed by atoms with Crippen molar-refractivity contribution in [2.45, 2.75) is 0 Å². The minimum atomic E-state index is -0.681. The second-order valence-electron chi connectivity index (χ2n) is 3.74. The highest BCUT2D eigenvalue weighted by molar-refractivity contribution is 7.80. The van der Waals surface area contributed by atoms with E-state index < -0.39 is 8.07 Å². The minimum absolute atomic E-state index is 0.00522. The number of thiocarbonyl (C=S) groups is 1. The first kappa shape index (κ1) is 13.2. The van der Waals surface area contributed by atoms with Gasteiger partial charge in [-0.2, -0.15) is 0 Å². The molecule has 0 spiro atoms. The molecule has 0 saturated carbocycles. The van der Waals surface area contributed by atoms with Crippen LogP contribution in [0.3, 0.4) is 0 Å².